The van der Waals surface area contributed by atoms with Gasteiger partial charge in [0.2, 0.25) is 11.0 Å². The summed E-state index contributed by atoms with van der Waals surface area (Å²) >= 11 is 1.22. The van der Waals surface area contributed by atoms with Crippen LogP contribution in [0.1, 0.15) is 22.8 Å². The molecule has 3 aromatic carbocycles. The predicted molar refractivity (Wildman–Crippen MR) is 149 cm³/mol. The lowest BCUT2D eigenvalue weighted by molar-refractivity contribution is -0.117. The van der Waals surface area contributed by atoms with E-state index in [1.165, 1.54) is 11.3 Å². The molecule has 10 nitrogen and oxygen atoms in total. The fourth-order valence-corrected chi connectivity index (χ4v) is 4.36. The van der Waals surface area contributed by atoms with E-state index in [1.54, 1.807) is 38.3 Å². The van der Waals surface area contributed by atoms with Gasteiger partial charge in [0.15, 0.2) is 0 Å². The topological polar surface area (TPSA) is 132 Å². The van der Waals surface area contributed by atoms with Gasteiger partial charge in [-0.3, -0.25) is 10.1 Å². The Balaban J connectivity index is 1.43. The second kappa shape index (κ2) is 13.2. The average molecular weight is 546 g/mol. The van der Waals surface area contributed by atoms with Gasteiger partial charge in [-0.05, 0) is 61.0 Å². The van der Waals surface area contributed by atoms with E-state index >= 15 is 0 Å². The molecule has 0 bridgehead atoms. The van der Waals surface area contributed by atoms with Gasteiger partial charge in [-0.15, -0.1) is 10.2 Å². The number of anilines is 2. The molecule has 0 saturated heterocycles. The van der Waals surface area contributed by atoms with Crippen LogP contribution < -0.4 is 20.7 Å². The number of hydrogen-bond donors (Lipinski definition) is 3. The van der Waals surface area contributed by atoms with Crippen molar-refractivity contribution in [1.29, 1.82) is 0 Å². The van der Waals surface area contributed by atoms with Crippen LogP contribution in [-0.2, 0) is 16.0 Å². The quantitative estimate of drug-likeness (QED) is 0.245. The molecule has 0 saturated carbocycles. The highest BCUT2D eigenvalue weighted by Crippen LogP contribution is 2.28. The van der Waals surface area contributed by atoms with Gasteiger partial charge in [-0.25, -0.2) is 9.59 Å². The Kier molecular flexibility index (Phi) is 9.20. The molecule has 39 heavy (non-hydrogen) atoms. The molecule has 0 fully saturated rings. The van der Waals surface area contributed by atoms with Crippen molar-refractivity contribution in [2.24, 2.45) is 0 Å². The minimum absolute atomic E-state index is 0.256. The van der Waals surface area contributed by atoms with Crippen LogP contribution in [0, 0.1) is 0 Å². The van der Waals surface area contributed by atoms with Crippen LogP contribution in [0.4, 0.5) is 15.6 Å². The standard InChI is InChI=1S/C28H27N5O5S/c1-3-38-26(35)20-9-13-21(14-10-20)29-27(36)30-23(17-18-7-5-4-6-8-18)24(34)31-28-33-32-25(39-28)19-11-15-22(37-2)16-12-19/h4-16,23H,3,17H2,1-2H3,(H2,29,30,36)(H,31,33,34)/t23-/m1/s1. The SMILES string of the molecule is CCOC(=O)c1ccc(NC(=O)N[C@H](Cc2ccccc2)C(=O)Nc2nnc(-c3ccc(OC)cc3)s2)cc1. The molecular weight excluding hydrogens is 518 g/mol. The van der Waals surface area contributed by atoms with E-state index in [-0.39, 0.29) is 13.0 Å². The molecule has 0 radical (unpaired) electrons. The van der Waals surface area contributed by atoms with E-state index in [0.29, 0.717) is 21.4 Å². The van der Waals surface area contributed by atoms with Crippen molar-refractivity contribution in [3.8, 4) is 16.3 Å². The molecule has 1 atom stereocenters. The molecule has 0 unspecified atom stereocenters. The number of ether oxygens (including phenoxy) is 2. The molecule has 1 aromatic heterocycles. The first kappa shape index (κ1) is 27.3. The van der Waals surface area contributed by atoms with Crippen LogP contribution in [0.25, 0.3) is 10.6 Å². The summed E-state index contributed by atoms with van der Waals surface area (Å²) in [7, 11) is 1.59. The van der Waals surface area contributed by atoms with Crippen LogP contribution in [-0.4, -0.2) is 47.9 Å². The van der Waals surface area contributed by atoms with Crippen molar-refractivity contribution in [2.45, 2.75) is 19.4 Å². The minimum atomic E-state index is -0.903. The van der Waals surface area contributed by atoms with E-state index in [4.69, 9.17) is 9.47 Å². The van der Waals surface area contributed by atoms with Gasteiger partial charge in [0, 0.05) is 17.7 Å². The molecule has 3 amide bonds. The number of urea groups is 1. The van der Waals surface area contributed by atoms with Crippen LogP contribution in [0.2, 0.25) is 0 Å². The Morgan fingerprint density at radius 2 is 1.62 bits per heavy atom. The fraction of sp³-hybridized carbons (Fsp3) is 0.179. The van der Waals surface area contributed by atoms with Gasteiger partial charge in [-0.2, -0.15) is 0 Å². The monoisotopic (exact) mass is 545 g/mol. The summed E-state index contributed by atoms with van der Waals surface area (Å²) in [4.78, 5) is 37.9. The molecule has 11 heteroatoms. The highest BCUT2D eigenvalue weighted by atomic mass is 32.1. The van der Waals surface area contributed by atoms with Crippen molar-refractivity contribution in [2.75, 3.05) is 24.4 Å². The van der Waals surface area contributed by atoms with Crippen LogP contribution >= 0.6 is 11.3 Å². The zero-order chi connectivity index (χ0) is 27.6. The van der Waals surface area contributed by atoms with Crippen LogP contribution in [0.5, 0.6) is 5.75 Å². The maximum absolute atomic E-state index is 13.2. The van der Waals surface area contributed by atoms with Crippen molar-refractivity contribution in [1.82, 2.24) is 15.5 Å². The fourth-order valence-electron chi connectivity index (χ4n) is 3.61. The first-order valence-corrected chi connectivity index (χ1v) is 12.9. The summed E-state index contributed by atoms with van der Waals surface area (Å²) in [6, 6.07) is 21.5. The normalized spacial score (nSPS) is 11.2. The Bertz CT molecular complexity index is 1410. The van der Waals surface area contributed by atoms with Gasteiger partial charge in [-0.1, -0.05) is 41.7 Å². The molecule has 0 aliphatic rings. The molecular formula is C28H27N5O5S. The number of rotatable bonds is 10. The number of carbonyl (C=O) groups excluding carboxylic acids is 3. The number of nitrogens with one attached hydrogen (secondary N) is 3. The summed E-state index contributed by atoms with van der Waals surface area (Å²) < 4.78 is 10.2. The third kappa shape index (κ3) is 7.62. The largest absolute Gasteiger partial charge is 0.497 e. The first-order chi connectivity index (χ1) is 18.9. The zero-order valence-electron chi connectivity index (χ0n) is 21.3. The van der Waals surface area contributed by atoms with E-state index in [2.05, 4.69) is 26.1 Å². The first-order valence-electron chi connectivity index (χ1n) is 12.1. The minimum Gasteiger partial charge on any atom is -0.497 e. The third-order valence-electron chi connectivity index (χ3n) is 5.55. The van der Waals surface area contributed by atoms with E-state index in [0.717, 1.165) is 16.9 Å². The molecule has 0 spiro atoms. The smallest absolute Gasteiger partial charge is 0.338 e. The van der Waals surface area contributed by atoms with Gasteiger partial charge in [0.05, 0.1) is 19.3 Å². The number of amides is 3. The Morgan fingerprint density at radius 3 is 2.28 bits per heavy atom. The number of aromatic nitrogens is 2. The average Bonchev–Trinajstić information content (AvgIpc) is 3.42. The molecule has 0 aliphatic carbocycles. The summed E-state index contributed by atoms with van der Waals surface area (Å²) in [6.45, 7) is 2.00. The van der Waals surface area contributed by atoms with Crippen molar-refractivity contribution in [3.05, 3.63) is 90.0 Å². The highest BCUT2D eigenvalue weighted by molar-refractivity contribution is 7.18. The summed E-state index contributed by atoms with van der Waals surface area (Å²) in [6.07, 6.45) is 0.256. The molecule has 4 aromatic rings. The second-order valence-electron chi connectivity index (χ2n) is 8.27. The van der Waals surface area contributed by atoms with E-state index in [9.17, 15) is 14.4 Å². The molecule has 3 N–H and O–H groups in total. The number of carbonyl (C=O) groups is 3. The lowest BCUT2D eigenvalue weighted by Crippen LogP contribution is -2.46. The number of benzene rings is 3. The molecule has 0 aliphatic heterocycles. The maximum Gasteiger partial charge on any atom is 0.338 e. The highest BCUT2D eigenvalue weighted by Gasteiger charge is 2.23. The summed E-state index contributed by atoms with van der Waals surface area (Å²) in [5.74, 6) is -0.163. The van der Waals surface area contributed by atoms with Gasteiger partial charge in [0.25, 0.3) is 0 Å². The van der Waals surface area contributed by atoms with E-state index in [1.807, 2.05) is 54.6 Å². The lowest BCUT2D eigenvalue weighted by atomic mass is 10.1. The predicted octanol–water partition coefficient (Wildman–Crippen LogP) is 4.76. The van der Waals surface area contributed by atoms with E-state index < -0.39 is 23.9 Å². The second-order valence-corrected chi connectivity index (χ2v) is 9.25. The van der Waals surface area contributed by atoms with Crippen LogP contribution in [0.3, 0.4) is 0 Å². The number of hydrogen-bond acceptors (Lipinski definition) is 8. The van der Waals surface area contributed by atoms with Crippen molar-refractivity contribution >= 4 is 40.1 Å². The Labute approximate surface area is 229 Å². The Hall–Kier alpha value is -4.77. The Morgan fingerprint density at radius 1 is 0.897 bits per heavy atom. The maximum atomic E-state index is 13.2. The number of methoxy groups -OCH3 is 1. The lowest BCUT2D eigenvalue weighted by Gasteiger charge is -2.18. The molecule has 1 heterocycles. The number of esters is 1. The zero-order valence-corrected chi connectivity index (χ0v) is 22.2. The third-order valence-corrected chi connectivity index (χ3v) is 6.44. The van der Waals surface area contributed by atoms with Crippen molar-refractivity contribution < 1.29 is 23.9 Å². The van der Waals surface area contributed by atoms with Gasteiger partial charge in [0.1, 0.15) is 16.8 Å². The molecule has 200 valence electrons. The van der Waals surface area contributed by atoms with Crippen LogP contribution in [0.15, 0.2) is 78.9 Å². The van der Waals surface area contributed by atoms with Gasteiger partial charge < -0.3 is 20.1 Å². The summed E-state index contributed by atoms with van der Waals surface area (Å²) in [5.41, 5.74) is 2.52. The van der Waals surface area contributed by atoms with Crippen molar-refractivity contribution in [3.63, 3.8) is 0 Å². The number of nitrogens with zero attached hydrogens (tertiary/aromatic N) is 2. The summed E-state index contributed by atoms with van der Waals surface area (Å²) in [5, 5.41) is 17.4. The van der Waals surface area contributed by atoms with Gasteiger partial charge >= 0.3 is 12.0 Å². The molecule has 4 rings (SSSR count).